The molecule has 0 aliphatic heterocycles. The number of carbonyl (C=O) groups excluding carboxylic acids is 1. The van der Waals surface area contributed by atoms with Gasteiger partial charge in [0, 0.05) is 12.3 Å². The van der Waals surface area contributed by atoms with Crippen LogP contribution in [0.15, 0.2) is 0 Å². The Morgan fingerprint density at radius 1 is 0.643 bits per heavy atom. The maximum atomic E-state index is 12.7. The highest BCUT2D eigenvalue weighted by molar-refractivity contribution is 5.84. The summed E-state index contributed by atoms with van der Waals surface area (Å²) in [5.74, 6) is 3.54. The fourth-order valence-electron chi connectivity index (χ4n) is 11.0. The number of fused-ring (bicyclic) bond motifs is 7. The first-order valence-corrected chi connectivity index (χ1v) is 12.5. The lowest BCUT2D eigenvalue weighted by molar-refractivity contribution is -0.238. The maximum absolute atomic E-state index is 12.7. The minimum absolute atomic E-state index is 0.293. The molecule has 0 saturated heterocycles. The molecule has 5 rings (SSSR count). The Morgan fingerprint density at radius 3 is 1.93 bits per heavy atom. The molecule has 5 aliphatic rings. The van der Waals surface area contributed by atoms with Crippen LogP contribution in [-0.4, -0.2) is 5.78 Å². The van der Waals surface area contributed by atoms with Gasteiger partial charge in [0.1, 0.15) is 5.78 Å². The van der Waals surface area contributed by atoms with Gasteiger partial charge in [-0.1, -0.05) is 48.0 Å². The molecule has 0 aromatic carbocycles. The van der Waals surface area contributed by atoms with Crippen molar-refractivity contribution in [1.29, 1.82) is 0 Å². The first-order valence-electron chi connectivity index (χ1n) is 12.5. The largest absolute Gasteiger partial charge is 0.299 e. The number of hydrogen-bond donors (Lipinski definition) is 0. The van der Waals surface area contributed by atoms with Gasteiger partial charge < -0.3 is 0 Å². The van der Waals surface area contributed by atoms with Crippen molar-refractivity contribution in [1.82, 2.24) is 0 Å². The Balaban J connectivity index is 1.56. The van der Waals surface area contributed by atoms with Crippen LogP contribution in [0, 0.1) is 50.7 Å². The van der Waals surface area contributed by atoms with Gasteiger partial charge in [-0.15, -0.1) is 0 Å². The van der Waals surface area contributed by atoms with E-state index >= 15 is 0 Å². The minimum Gasteiger partial charge on any atom is -0.299 e. The Bertz CT molecular complexity index is 692. The van der Waals surface area contributed by atoms with Crippen molar-refractivity contribution in [2.75, 3.05) is 0 Å². The summed E-state index contributed by atoms with van der Waals surface area (Å²) in [4.78, 5) is 12.7. The second-order valence-electron chi connectivity index (χ2n) is 13.5. The number of rotatable bonds is 0. The zero-order valence-electron chi connectivity index (χ0n) is 19.5. The van der Waals surface area contributed by atoms with Gasteiger partial charge in [-0.2, -0.15) is 0 Å². The van der Waals surface area contributed by atoms with Gasteiger partial charge in [0.25, 0.3) is 0 Å². The summed E-state index contributed by atoms with van der Waals surface area (Å²) in [6.07, 6.45) is 14.5. The van der Waals surface area contributed by atoms with Gasteiger partial charge in [0.2, 0.25) is 0 Å². The van der Waals surface area contributed by atoms with Crippen LogP contribution in [0.3, 0.4) is 0 Å². The average molecular weight is 385 g/mol. The van der Waals surface area contributed by atoms with E-state index in [9.17, 15) is 4.79 Å². The highest BCUT2D eigenvalue weighted by Crippen LogP contribution is 2.77. The van der Waals surface area contributed by atoms with E-state index in [4.69, 9.17) is 0 Å². The number of carbonyl (C=O) groups is 1. The van der Waals surface area contributed by atoms with E-state index in [1.54, 1.807) is 0 Å². The Hall–Kier alpha value is -0.330. The molecule has 5 fully saturated rings. The van der Waals surface area contributed by atoms with Crippen LogP contribution >= 0.6 is 0 Å². The zero-order chi connectivity index (χ0) is 20.2. The first-order chi connectivity index (χ1) is 13.0. The van der Waals surface area contributed by atoms with E-state index < -0.39 is 0 Å². The summed E-state index contributed by atoms with van der Waals surface area (Å²) >= 11 is 0. The average Bonchev–Trinajstić information content (AvgIpc) is 2.90. The molecular formula is C27H44O. The molecule has 0 radical (unpaired) electrons. The van der Waals surface area contributed by atoms with Crippen LogP contribution in [0.25, 0.3) is 0 Å². The number of Topliss-reactive ketones (excluding diaryl/α,β-unsaturated/α-hetero) is 1. The normalized spacial score (nSPS) is 57.7. The molecule has 8 atom stereocenters. The SMILES string of the molecule is CC1(C)CCC[C@@]2(C)[C@@H]1CC[C@]1(C)[C@H]2CC[C@H]2[C@@]3(C)CCC(=O)[C@H]3CC[C@]21C. The first kappa shape index (κ1) is 19.6. The standard InChI is InChI=1S/C27H44O/c1-23(2)13-7-14-25(4)20(23)12-17-27(6)22(25)9-8-21-24(3)15-11-19(28)18(24)10-16-26(21,27)5/h18,20-22H,7-17H2,1-6H3/t18-,20-,21+,22+,24+,25+,26-,27-/m1/s1. The van der Waals surface area contributed by atoms with Crippen molar-refractivity contribution in [3.05, 3.63) is 0 Å². The second-order valence-corrected chi connectivity index (χ2v) is 13.5. The molecule has 0 amide bonds. The molecule has 0 heterocycles. The van der Waals surface area contributed by atoms with E-state index in [-0.39, 0.29) is 0 Å². The van der Waals surface area contributed by atoms with Gasteiger partial charge in [0.05, 0.1) is 0 Å². The Morgan fingerprint density at radius 2 is 1.25 bits per heavy atom. The zero-order valence-corrected chi connectivity index (χ0v) is 19.5. The third-order valence-corrected chi connectivity index (χ3v) is 12.5. The monoisotopic (exact) mass is 384 g/mol. The van der Waals surface area contributed by atoms with E-state index in [1.165, 1.54) is 64.2 Å². The van der Waals surface area contributed by atoms with E-state index in [2.05, 4.69) is 41.5 Å². The molecular weight excluding hydrogens is 340 g/mol. The molecule has 1 nitrogen and oxygen atoms in total. The third kappa shape index (κ3) is 2.13. The minimum atomic E-state index is 0.293. The topological polar surface area (TPSA) is 17.1 Å². The lowest BCUT2D eigenvalue weighted by atomic mass is 9.32. The quantitative estimate of drug-likeness (QED) is 0.424. The van der Waals surface area contributed by atoms with Crippen LogP contribution in [0.1, 0.15) is 112 Å². The molecule has 158 valence electrons. The van der Waals surface area contributed by atoms with E-state index in [0.717, 1.165) is 24.2 Å². The molecule has 0 bridgehead atoms. The Labute approximate surface area is 173 Å². The van der Waals surface area contributed by atoms with Gasteiger partial charge in [0.15, 0.2) is 0 Å². The lowest BCUT2D eigenvalue weighted by Crippen LogP contribution is -2.65. The molecule has 0 N–H and O–H groups in total. The van der Waals surface area contributed by atoms with Gasteiger partial charge in [-0.25, -0.2) is 0 Å². The van der Waals surface area contributed by atoms with Crippen molar-refractivity contribution in [2.24, 2.45) is 50.7 Å². The molecule has 0 unspecified atom stereocenters. The maximum Gasteiger partial charge on any atom is 0.136 e. The summed E-state index contributed by atoms with van der Waals surface area (Å²) in [6, 6.07) is 0. The summed E-state index contributed by atoms with van der Waals surface area (Å²) < 4.78 is 0. The van der Waals surface area contributed by atoms with Crippen LogP contribution in [0.5, 0.6) is 0 Å². The summed E-state index contributed by atoms with van der Waals surface area (Å²) in [6.45, 7) is 15.8. The molecule has 0 aromatic rings. The van der Waals surface area contributed by atoms with Gasteiger partial charge >= 0.3 is 0 Å². The summed E-state index contributed by atoms with van der Waals surface area (Å²) in [5.41, 5.74) is 2.25. The number of ketones is 1. The molecule has 0 spiro atoms. The molecule has 1 heteroatoms. The fourth-order valence-corrected chi connectivity index (χ4v) is 11.0. The van der Waals surface area contributed by atoms with Crippen molar-refractivity contribution in [2.45, 2.75) is 112 Å². The number of hydrogen-bond acceptors (Lipinski definition) is 1. The predicted octanol–water partition coefficient (Wildman–Crippen LogP) is 7.43. The second kappa shape index (κ2) is 5.67. The molecule has 0 aromatic heterocycles. The lowest BCUT2D eigenvalue weighted by Gasteiger charge is -2.72. The summed E-state index contributed by atoms with van der Waals surface area (Å²) in [7, 11) is 0. The van der Waals surface area contributed by atoms with Crippen LogP contribution in [0.4, 0.5) is 0 Å². The predicted molar refractivity (Wildman–Crippen MR) is 116 cm³/mol. The fraction of sp³-hybridized carbons (Fsp3) is 0.963. The Kier molecular flexibility index (Phi) is 3.97. The van der Waals surface area contributed by atoms with Gasteiger partial charge in [-0.3, -0.25) is 4.79 Å². The van der Waals surface area contributed by atoms with Crippen molar-refractivity contribution in [3.63, 3.8) is 0 Å². The van der Waals surface area contributed by atoms with Crippen molar-refractivity contribution in [3.8, 4) is 0 Å². The van der Waals surface area contributed by atoms with Crippen molar-refractivity contribution >= 4 is 5.78 Å². The van der Waals surface area contributed by atoms with Gasteiger partial charge in [-0.05, 0) is 103 Å². The van der Waals surface area contributed by atoms with Crippen molar-refractivity contribution < 1.29 is 4.79 Å². The van der Waals surface area contributed by atoms with Crippen LogP contribution < -0.4 is 0 Å². The smallest absolute Gasteiger partial charge is 0.136 e. The highest BCUT2D eigenvalue weighted by Gasteiger charge is 2.70. The highest BCUT2D eigenvalue weighted by atomic mass is 16.1. The summed E-state index contributed by atoms with van der Waals surface area (Å²) in [5, 5.41) is 0. The van der Waals surface area contributed by atoms with Crippen LogP contribution in [0.2, 0.25) is 0 Å². The van der Waals surface area contributed by atoms with Crippen LogP contribution in [-0.2, 0) is 4.79 Å². The van der Waals surface area contributed by atoms with E-state index in [0.29, 0.717) is 38.8 Å². The molecule has 28 heavy (non-hydrogen) atoms. The third-order valence-electron chi connectivity index (χ3n) is 12.5. The molecule has 5 saturated carbocycles. The molecule has 5 aliphatic carbocycles. The van der Waals surface area contributed by atoms with E-state index in [1.807, 2.05) is 0 Å².